The minimum Gasteiger partial charge on any atom is -0.494 e. The Morgan fingerprint density at radius 1 is 1.30 bits per heavy atom. The molecule has 120 valence electrons. The third kappa shape index (κ3) is 3.89. The van der Waals surface area contributed by atoms with Crippen LogP contribution in [0, 0.1) is 12.8 Å². The number of carbonyl (C=O) groups excluding carboxylic acids is 1. The number of aromatic nitrogens is 1. The highest BCUT2D eigenvalue weighted by Crippen LogP contribution is 2.22. The van der Waals surface area contributed by atoms with Crippen LogP contribution >= 0.6 is 0 Å². The average molecular weight is 310 g/mol. The van der Waals surface area contributed by atoms with Crippen LogP contribution in [0.1, 0.15) is 28.8 Å². The largest absolute Gasteiger partial charge is 0.494 e. The van der Waals surface area contributed by atoms with Crippen molar-refractivity contribution in [2.75, 3.05) is 19.7 Å². The van der Waals surface area contributed by atoms with Gasteiger partial charge in [-0.3, -0.25) is 9.78 Å². The van der Waals surface area contributed by atoms with Crippen molar-refractivity contribution in [3.63, 3.8) is 0 Å². The van der Waals surface area contributed by atoms with E-state index >= 15 is 0 Å². The molecular formula is C19H22N2O2. The molecule has 4 heteroatoms. The zero-order chi connectivity index (χ0) is 16.1. The predicted octanol–water partition coefficient (Wildman–Crippen LogP) is 3.32. The molecule has 0 saturated carbocycles. The van der Waals surface area contributed by atoms with Gasteiger partial charge in [0, 0.05) is 25.5 Å². The number of ether oxygens (including phenoxy) is 1. The summed E-state index contributed by atoms with van der Waals surface area (Å²) in [5, 5.41) is 0. The molecule has 0 bridgehead atoms. The maximum Gasteiger partial charge on any atom is 0.255 e. The minimum absolute atomic E-state index is 0.0991. The first-order chi connectivity index (χ1) is 11.2. The highest BCUT2D eigenvalue weighted by atomic mass is 16.5. The van der Waals surface area contributed by atoms with Crippen LogP contribution in [0.25, 0.3) is 0 Å². The van der Waals surface area contributed by atoms with Gasteiger partial charge in [0.15, 0.2) is 0 Å². The molecule has 2 aromatic rings. The van der Waals surface area contributed by atoms with E-state index in [1.54, 1.807) is 12.4 Å². The fraction of sp³-hybridized carbons (Fsp3) is 0.368. The summed E-state index contributed by atoms with van der Waals surface area (Å²) in [5.41, 5.74) is 1.70. The molecule has 0 N–H and O–H groups in total. The van der Waals surface area contributed by atoms with Crippen molar-refractivity contribution in [2.45, 2.75) is 19.8 Å². The molecule has 0 aliphatic carbocycles. The van der Waals surface area contributed by atoms with E-state index in [-0.39, 0.29) is 5.91 Å². The average Bonchev–Trinajstić information content (AvgIpc) is 3.05. The lowest BCUT2D eigenvalue weighted by Crippen LogP contribution is -2.29. The second kappa shape index (κ2) is 7.27. The SMILES string of the molecule is Cc1ccncc1C(=O)N1CC[C@H](CCOc2ccccc2)C1. The molecule has 3 rings (SSSR count). The van der Waals surface area contributed by atoms with E-state index in [0.29, 0.717) is 18.1 Å². The van der Waals surface area contributed by atoms with E-state index in [1.807, 2.05) is 48.2 Å². The molecule has 0 unspecified atom stereocenters. The third-order valence-corrected chi connectivity index (χ3v) is 4.38. The van der Waals surface area contributed by atoms with Gasteiger partial charge in [0.1, 0.15) is 5.75 Å². The Hall–Kier alpha value is -2.36. The van der Waals surface area contributed by atoms with Gasteiger partial charge in [-0.25, -0.2) is 0 Å². The van der Waals surface area contributed by atoms with Gasteiger partial charge >= 0.3 is 0 Å². The highest BCUT2D eigenvalue weighted by molar-refractivity contribution is 5.95. The Kier molecular flexibility index (Phi) is 4.91. The molecular weight excluding hydrogens is 288 g/mol. The van der Waals surface area contributed by atoms with Gasteiger partial charge in [0.05, 0.1) is 12.2 Å². The van der Waals surface area contributed by atoms with E-state index in [4.69, 9.17) is 4.74 Å². The number of rotatable bonds is 5. The van der Waals surface area contributed by atoms with E-state index in [0.717, 1.165) is 37.2 Å². The van der Waals surface area contributed by atoms with Crippen molar-refractivity contribution in [1.29, 1.82) is 0 Å². The van der Waals surface area contributed by atoms with Crippen molar-refractivity contribution in [1.82, 2.24) is 9.88 Å². The summed E-state index contributed by atoms with van der Waals surface area (Å²) in [6, 6.07) is 11.7. The second-order valence-electron chi connectivity index (χ2n) is 6.05. The zero-order valence-corrected chi connectivity index (χ0v) is 13.4. The first kappa shape index (κ1) is 15.5. The fourth-order valence-corrected chi connectivity index (χ4v) is 2.97. The number of amides is 1. The number of likely N-dealkylation sites (tertiary alicyclic amines) is 1. The van der Waals surface area contributed by atoms with Crippen molar-refractivity contribution in [2.24, 2.45) is 5.92 Å². The number of nitrogens with zero attached hydrogens (tertiary/aromatic N) is 2. The molecule has 1 aromatic heterocycles. The molecule has 23 heavy (non-hydrogen) atoms. The van der Waals surface area contributed by atoms with E-state index < -0.39 is 0 Å². The lowest BCUT2D eigenvalue weighted by molar-refractivity contribution is 0.0784. The van der Waals surface area contributed by atoms with Crippen molar-refractivity contribution >= 4 is 5.91 Å². The molecule has 2 heterocycles. The predicted molar refractivity (Wildman–Crippen MR) is 89.5 cm³/mol. The Morgan fingerprint density at radius 3 is 2.91 bits per heavy atom. The Balaban J connectivity index is 1.49. The number of carbonyl (C=O) groups is 1. The summed E-state index contributed by atoms with van der Waals surface area (Å²) in [4.78, 5) is 18.6. The smallest absolute Gasteiger partial charge is 0.255 e. The number of pyridine rings is 1. The first-order valence-electron chi connectivity index (χ1n) is 8.12. The summed E-state index contributed by atoms with van der Waals surface area (Å²) in [6.07, 6.45) is 5.41. The van der Waals surface area contributed by atoms with Gasteiger partial charge in [0.25, 0.3) is 5.91 Å². The quantitative estimate of drug-likeness (QED) is 0.851. The zero-order valence-electron chi connectivity index (χ0n) is 13.4. The van der Waals surface area contributed by atoms with Crippen molar-refractivity contribution < 1.29 is 9.53 Å². The van der Waals surface area contributed by atoms with Crippen LogP contribution < -0.4 is 4.74 Å². The van der Waals surface area contributed by atoms with Gasteiger partial charge in [0.2, 0.25) is 0 Å². The maximum atomic E-state index is 12.6. The first-order valence-corrected chi connectivity index (χ1v) is 8.12. The van der Waals surface area contributed by atoms with Gasteiger partial charge in [-0.15, -0.1) is 0 Å². The number of aryl methyl sites for hydroxylation is 1. The second-order valence-corrected chi connectivity index (χ2v) is 6.05. The highest BCUT2D eigenvalue weighted by Gasteiger charge is 2.27. The molecule has 1 aromatic carbocycles. The molecule has 1 atom stereocenters. The number of benzene rings is 1. The van der Waals surface area contributed by atoms with E-state index in [9.17, 15) is 4.79 Å². The standard InChI is InChI=1S/C19H22N2O2/c1-15-7-10-20-13-18(15)19(22)21-11-8-16(14-21)9-12-23-17-5-3-2-4-6-17/h2-7,10,13,16H,8-9,11-12,14H2,1H3/t16-/m1/s1. The summed E-state index contributed by atoms with van der Waals surface area (Å²) in [6.45, 7) is 4.29. The number of para-hydroxylation sites is 1. The van der Waals surface area contributed by atoms with Gasteiger partial charge < -0.3 is 9.64 Å². The molecule has 4 nitrogen and oxygen atoms in total. The number of hydrogen-bond donors (Lipinski definition) is 0. The van der Waals surface area contributed by atoms with Crippen LogP contribution in [-0.2, 0) is 0 Å². The summed E-state index contributed by atoms with van der Waals surface area (Å²) >= 11 is 0. The van der Waals surface area contributed by atoms with Crippen LogP contribution in [0.3, 0.4) is 0 Å². The van der Waals surface area contributed by atoms with Crippen molar-refractivity contribution in [3.05, 3.63) is 59.9 Å². The number of hydrogen-bond acceptors (Lipinski definition) is 3. The van der Waals surface area contributed by atoms with Gasteiger partial charge in [-0.2, -0.15) is 0 Å². The topological polar surface area (TPSA) is 42.4 Å². The fourth-order valence-electron chi connectivity index (χ4n) is 2.97. The van der Waals surface area contributed by atoms with Crippen LogP contribution in [0.4, 0.5) is 0 Å². The van der Waals surface area contributed by atoms with Gasteiger partial charge in [-0.05, 0) is 49.4 Å². The lowest BCUT2D eigenvalue weighted by Gasteiger charge is -2.17. The van der Waals surface area contributed by atoms with Crippen LogP contribution in [0.15, 0.2) is 48.8 Å². The molecule has 1 aliphatic rings. The Labute approximate surface area is 137 Å². The van der Waals surface area contributed by atoms with E-state index in [2.05, 4.69) is 4.98 Å². The van der Waals surface area contributed by atoms with E-state index in [1.165, 1.54) is 0 Å². The van der Waals surface area contributed by atoms with Crippen LogP contribution in [-0.4, -0.2) is 35.5 Å². The van der Waals surface area contributed by atoms with Crippen LogP contribution in [0.5, 0.6) is 5.75 Å². The maximum absolute atomic E-state index is 12.6. The molecule has 1 fully saturated rings. The molecule has 1 aliphatic heterocycles. The van der Waals surface area contributed by atoms with Crippen molar-refractivity contribution in [3.8, 4) is 5.75 Å². The third-order valence-electron chi connectivity index (χ3n) is 4.38. The summed E-state index contributed by atoms with van der Waals surface area (Å²) in [7, 11) is 0. The summed E-state index contributed by atoms with van der Waals surface area (Å²) < 4.78 is 5.75. The van der Waals surface area contributed by atoms with Gasteiger partial charge in [-0.1, -0.05) is 18.2 Å². The monoisotopic (exact) mass is 310 g/mol. The van der Waals surface area contributed by atoms with Crippen LogP contribution in [0.2, 0.25) is 0 Å². The molecule has 0 spiro atoms. The summed E-state index contributed by atoms with van der Waals surface area (Å²) in [5.74, 6) is 1.52. The minimum atomic E-state index is 0.0991. The molecule has 0 radical (unpaired) electrons. The molecule has 1 saturated heterocycles. The Bertz CT molecular complexity index is 657. The lowest BCUT2D eigenvalue weighted by atomic mass is 10.1. The normalized spacial score (nSPS) is 17.3. The Morgan fingerprint density at radius 2 is 2.13 bits per heavy atom. The molecule has 1 amide bonds.